The second-order valence-electron chi connectivity index (χ2n) is 8.77. The molecule has 0 aromatic heterocycles. The van der Waals surface area contributed by atoms with Crippen LogP contribution in [0.4, 0.5) is 0 Å². The average molecular weight is 530 g/mol. The monoisotopic (exact) mass is 527 g/mol. The van der Waals surface area contributed by atoms with Crippen molar-refractivity contribution < 1.29 is 51.0 Å². The first-order valence-corrected chi connectivity index (χ1v) is 11.3. The van der Waals surface area contributed by atoms with E-state index in [2.05, 4.69) is 67.6 Å². The van der Waals surface area contributed by atoms with E-state index in [9.17, 15) is 0 Å². The van der Waals surface area contributed by atoms with Gasteiger partial charge < -0.3 is 30.7 Å². The number of hydrogen-bond acceptors (Lipinski definition) is 0. The molecule has 2 aromatic rings. The molecule has 1 radical (unpaired) electrons. The third-order valence-electron chi connectivity index (χ3n) is 7.35. The Balaban J connectivity index is 0.00000114. The van der Waals surface area contributed by atoms with Gasteiger partial charge in [0.2, 0.25) is 0 Å². The largest absolute Gasteiger partial charge is 3.00 e. The number of hydrogen-bond donors (Lipinski definition) is 0. The first-order valence-electron chi connectivity index (χ1n) is 11.3. The van der Waals surface area contributed by atoms with Crippen LogP contribution in [0.3, 0.4) is 0 Å². The van der Waals surface area contributed by atoms with E-state index < -0.39 is 0 Å². The number of benzene rings is 2. The molecular weight excluding hydrogens is 498 g/mol. The molecule has 0 nitrogen and oxygen atoms in total. The predicted octanol–water partition coefficient (Wildman–Crippen LogP) is 2.08. The molecule has 2 unspecified atom stereocenters. The molecule has 0 aliphatic heterocycles. The van der Waals surface area contributed by atoms with E-state index >= 15 is 0 Å². The van der Waals surface area contributed by atoms with Crippen LogP contribution in [0.25, 0.3) is 11.6 Å². The smallest absolute Gasteiger partial charge is 1.00 e. The summed E-state index contributed by atoms with van der Waals surface area (Å²) in [6.45, 7) is 2.36. The Morgan fingerprint density at radius 2 is 1.61 bits per heavy atom. The van der Waals surface area contributed by atoms with Gasteiger partial charge in [-0.2, -0.15) is 19.3 Å². The molecule has 2 atom stereocenters. The molecule has 0 N–H and O–H groups in total. The van der Waals surface area contributed by atoms with Gasteiger partial charge in [0.05, 0.1) is 0 Å². The normalized spacial score (nSPS) is 19.5. The zero-order valence-corrected chi connectivity index (χ0v) is 22.3. The molecule has 2 aromatic carbocycles. The van der Waals surface area contributed by atoms with Crippen LogP contribution >= 0.6 is 0 Å². The van der Waals surface area contributed by atoms with Gasteiger partial charge in [0, 0.05) is 11.8 Å². The zero-order valence-electron chi connectivity index (χ0n) is 18.3. The minimum atomic E-state index is 0. The van der Waals surface area contributed by atoms with Crippen molar-refractivity contribution >= 4 is 11.6 Å². The van der Waals surface area contributed by atoms with Gasteiger partial charge in [-0.15, -0.1) is 0 Å². The summed E-state index contributed by atoms with van der Waals surface area (Å²) in [5.74, 6) is 3.13. The molecule has 3 aliphatic carbocycles. The number of rotatable bonds is 8. The summed E-state index contributed by atoms with van der Waals surface area (Å²) >= 11 is 0. The van der Waals surface area contributed by atoms with Crippen LogP contribution in [-0.2, 0) is 26.2 Å². The van der Waals surface area contributed by atoms with Crippen molar-refractivity contribution in [3.63, 3.8) is 0 Å². The van der Waals surface area contributed by atoms with Gasteiger partial charge in [-0.25, -0.2) is 0 Å². The molecule has 0 spiro atoms. The minimum Gasteiger partial charge on any atom is -1.00 e. The molecule has 161 valence electrons. The van der Waals surface area contributed by atoms with Gasteiger partial charge in [0.15, 0.2) is 0 Å². The third-order valence-corrected chi connectivity index (χ3v) is 7.35. The third kappa shape index (κ3) is 5.32. The second-order valence-corrected chi connectivity index (χ2v) is 8.77. The van der Waals surface area contributed by atoms with E-state index in [1.807, 2.05) is 0 Å². The molecule has 3 aliphatic rings. The summed E-state index contributed by atoms with van der Waals surface area (Å²) in [5, 5.41) is 0. The SMILES string of the molecule is CC[C-](CCCC1C=Cc2ccccc21)CCC1C2=C(CC2)c2ccccc21.[Cl-].[Cl-].[Zr+3]. The van der Waals surface area contributed by atoms with Gasteiger partial charge in [-0.1, -0.05) is 86.0 Å². The van der Waals surface area contributed by atoms with Crippen molar-refractivity contribution in [2.24, 2.45) is 0 Å². The summed E-state index contributed by atoms with van der Waals surface area (Å²) in [7, 11) is 0. The van der Waals surface area contributed by atoms with E-state index in [4.69, 9.17) is 0 Å². The van der Waals surface area contributed by atoms with Crippen molar-refractivity contribution in [3.05, 3.63) is 88.4 Å². The molecule has 31 heavy (non-hydrogen) atoms. The molecule has 0 heterocycles. The number of fused-ring (bicyclic) bond motifs is 3. The van der Waals surface area contributed by atoms with Crippen molar-refractivity contribution in [3.8, 4) is 0 Å². The van der Waals surface area contributed by atoms with E-state index in [1.165, 1.54) is 62.5 Å². The first kappa shape index (κ1) is 26.6. The van der Waals surface area contributed by atoms with Crippen LogP contribution in [0, 0.1) is 5.92 Å². The van der Waals surface area contributed by atoms with Crippen LogP contribution < -0.4 is 24.8 Å². The minimum absolute atomic E-state index is 0. The number of halogens is 2. The molecular formula is C28H31Cl2Zr. The van der Waals surface area contributed by atoms with Crippen molar-refractivity contribution in [1.29, 1.82) is 0 Å². The van der Waals surface area contributed by atoms with Crippen LogP contribution in [-0.4, -0.2) is 0 Å². The Labute approximate surface area is 219 Å². The molecule has 0 fully saturated rings. The Hall–Kier alpha value is -0.617. The van der Waals surface area contributed by atoms with Crippen molar-refractivity contribution in [1.82, 2.24) is 0 Å². The molecule has 0 amide bonds. The molecule has 0 saturated carbocycles. The summed E-state index contributed by atoms with van der Waals surface area (Å²) in [5.41, 5.74) is 9.60. The summed E-state index contributed by atoms with van der Waals surface area (Å²) < 4.78 is 0. The van der Waals surface area contributed by atoms with Crippen LogP contribution in [0.15, 0.2) is 60.2 Å². The van der Waals surface area contributed by atoms with Crippen LogP contribution in [0.2, 0.25) is 0 Å². The molecule has 3 heteroatoms. The fraction of sp³-hybridized carbons (Fsp3) is 0.393. The van der Waals surface area contributed by atoms with Crippen LogP contribution in [0.1, 0.15) is 92.4 Å². The molecule has 0 bridgehead atoms. The van der Waals surface area contributed by atoms with Crippen LogP contribution in [0.5, 0.6) is 0 Å². The van der Waals surface area contributed by atoms with E-state index in [-0.39, 0.29) is 51.0 Å². The van der Waals surface area contributed by atoms with E-state index in [0.717, 1.165) is 0 Å². The fourth-order valence-corrected chi connectivity index (χ4v) is 5.65. The van der Waals surface area contributed by atoms with Gasteiger partial charge in [-0.05, 0) is 47.1 Å². The molecule has 0 saturated heterocycles. The maximum Gasteiger partial charge on any atom is 3.00 e. The van der Waals surface area contributed by atoms with Gasteiger partial charge in [-0.3, -0.25) is 0 Å². The average Bonchev–Trinajstić information content (AvgIpc) is 3.20. The standard InChI is InChI=1S/C28H31.2ClH.Zr/c1-2-20(8-7-10-22-16-15-21-9-3-4-11-23(21)22)14-17-26-24-12-5-6-13-25(24)27-18-19-28(26)27;;;/h3-6,9,11-13,15-16,22,26H,2,7-8,10,14,17-19H2,1H3;2*1H;/q-1;;;+3/p-2. The quantitative estimate of drug-likeness (QED) is 0.460. The predicted molar refractivity (Wildman–Crippen MR) is 120 cm³/mol. The Morgan fingerprint density at radius 1 is 0.871 bits per heavy atom. The Morgan fingerprint density at radius 3 is 2.35 bits per heavy atom. The topological polar surface area (TPSA) is 0 Å². The van der Waals surface area contributed by atoms with E-state index in [1.54, 1.807) is 28.2 Å². The van der Waals surface area contributed by atoms with E-state index in [0.29, 0.717) is 11.8 Å². The van der Waals surface area contributed by atoms with Gasteiger partial charge in [0.25, 0.3) is 0 Å². The summed E-state index contributed by atoms with van der Waals surface area (Å²) in [6.07, 6.45) is 15.2. The van der Waals surface area contributed by atoms with Gasteiger partial charge >= 0.3 is 26.2 Å². The molecule has 5 rings (SSSR count). The van der Waals surface area contributed by atoms with Crippen molar-refractivity contribution in [2.45, 2.75) is 70.1 Å². The van der Waals surface area contributed by atoms with Crippen molar-refractivity contribution in [2.75, 3.05) is 0 Å². The summed E-state index contributed by atoms with van der Waals surface area (Å²) in [6, 6.07) is 18.1. The Kier molecular flexibility index (Phi) is 10.3. The number of allylic oxidation sites excluding steroid dienone is 3. The zero-order chi connectivity index (χ0) is 18.9. The fourth-order valence-electron chi connectivity index (χ4n) is 5.65. The maximum atomic E-state index is 2.41. The Bertz CT molecular complexity index is 930. The second kappa shape index (κ2) is 12.0. The summed E-state index contributed by atoms with van der Waals surface area (Å²) in [4.78, 5) is 0. The first-order chi connectivity index (χ1) is 13.8. The van der Waals surface area contributed by atoms with Gasteiger partial charge in [0.1, 0.15) is 0 Å². The maximum absolute atomic E-state index is 2.41.